The summed E-state index contributed by atoms with van der Waals surface area (Å²) in [5.41, 5.74) is 7.34. The molecule has 1 unspecified atom stereocenters. The average Bonchev–Trinajstić information content (AvgIpc) is 4.29. The Kier molecular flexibility index (Phi) is 20.2. The molecule has 5 aromatic carbocycles. The van der Waals surface area contributed by atoms with Crippen LogP contribution in [-0.4, -0.2) is 86.3 Å². The molecular weight excluding hydrogens is 1060 g/mol. The van der Waals surface area contributed by atoms with Gasteiger partial charge in [0.15, 0.2) is 12.4 Å². The molecule has 0 bridgehead atoms. The molecule has 0 aliphatic heterocycles. The van der Waals surface area contributed by atoms with Gasteiger partial charge in [-0.25, -0.2) is 0 Å². The summed E-state index contributed by atoms with van der Waals surface area (Å²) in [6.07, 6.45) is 9.77. The fraction of sp³-hybridized carbons (Fsp3) is 0.323. The number of rotatable bonds is 26. The second kappa shape index (κ2) is 28.0. The summed E-state index contributed by atoms with van der Waals surface area (Å²) in [6.45, 7) is 3.88. The number of halogens is 1. The molecule has 1 heterocycles. The number of ketones is 1. The number of benzene rings is 5. The average molecular weight is 1120 g/mol. The second-order valence-corrected chi connectivity index (χ2v) is 20.4. The van der Waals surface area contributed by atoms with E-state index >= 15 is 0 Å². The van der Waals surface area contributed by atoms with Crippen molar-refractivity contribution in [2.45, 2.75) is 78.2 Å². The van der Waals surface area contributed by atoms with E-state index in [1.54, 1.807) is 42.5 Å². The molecule has 5 N–H and O–H groups in total. The molecular formula is C62H64ClN6O12-. The van der Waals surface area contributed by atoms with Crippen LogP contribution in [0.15, 0.2) is 109 Å². The predicted molar refractivity (Wildman–Crippen MR) is 304 cm³/mol. The summed E-state index contributed by atoms with van der Waals surface area (Å²) < 4.78 is 22.7. The molecule has 2 aliphatic rings. The Morgan fingerprint density at radius 3 is 2.09 bits per heavy atom. The van der Waals surface area contributed by atoms with Gasteiger partial charge in [-0.1, -0.05) is 67.6 Å². The molecule has 1 aromatic heterocycles. The van der Waals surface area contributed by atoms with Crippen molar-refractivity contribution in [3.63, 3.8) is 0 Å². The number of methoxy groups -OCH3 is 1. The van der Waals surface area contributed by atoms with Crippen molar-refractivity contribution in [2.75, 3.05) is 56.0 Å². The molecule has 0 saturated heterocycles. The summed E-state index contributed by atoms with van der Waals surface area (Å²) in [7, 11) is 1.42. The number of aromatic nitrogens is 1. The first-order chi connectivity index (χ1) is 39.1. The number of ether oxygens (including phenoxy) is 4. The molecule has 5 amide bonds. The Hall–Kier alpha value is -8.61. The third-order valence-corrected chi connectivity index (χ3v) is 14.8. The number of hydrogen-bond donors (Lipinski definition) is 5. The number of nitrogens with zero attached hydrogens (tertiary/aromatic N) is 1. The number of carboxylic acid groups (broad SMARTS) is 1. The summed E-state index contributed by atoms with van der Waals surface area (Å²) in [5, 5.41) is 25.9. The molecule has 1 fully saturated rings. The lowest BCUT2D eigenvalue weighted by atomic mass is 9.87. The lowest BCUT2D eigenvalue weighted by Crippen LogP contribution is -2.31. The number of nitrogens with one attached hydrogen (secondary N) is 5. The number of Topliss-reactive ketones (excluding diaryl/α,β-unsaturated/α-hetero) is 1. The van der Waals surface area contributed by atoms with Crippen molar-refractivity contribution in [1.82, 2.24) is 15.6 Å². The van der Waals surface area contributed by atoms with E-state index in [9.17, 15) is 38.7 Å². The topological polar surface area (TPSA) is 253 Å². The minimum absolute atomic E-state index is 0.00689. The van der Waals surface area contributed by atoms with E-state index in [1.807, 2.05) is 44.2 Å². The maximum atomic E-state index is 13.5. The Morgan fingerprint density at radius 1 is 0.654 bits per heavy atom. The highest BCUT2D eigenvalue weighted by atomic mass is 35.5. The molecule has 81 heavy (non-hydrogen) atoms. The number of carbonyl (C=O) groups is 7. The Labute approximate surface area is 474 Å². The standard InChI is InChI=1S/C62H65ClN6O12/c1-37-38(2)58-43(29-47(59(58)73)40-14-6-7-15-40)30-53(37)80-33-39-13-12-16-41(27-39)42-18-23-52(48(28-42)62(76)77)81-36-56(71)66-26-10-5-4-9-25-65-55(70)34-79-35-57(72)67-44-19-21-46(49(63)31-44)60(74)69-50-22-20-45(32-54(50)78-3)68-61(75)51-17-8-11-24-64-51/h8,11-13,16-24,27-28,30-32,40,47H,4-7,9-10,14-15,25-26,29,33-36H2,1-3H3,(H,65,70)(H,66,71)(H,67,72)(H,68,75)(H,69,74)(H,76,77)/p-1. The van der Waals surface area contributed by atoms with Crippen LogP contribution >= 0.6 is 11.6 Å². The van der Waals surface area contributed by atoms with Crippen molar-refractivity contribution in [3.05, 3.63) is 159 Å². The van der Waals surface area contributed by atoms with Crippen LogP contribution in [-0.2, 0) is 32.1 Å². The lowest BCUT2D eigenvalue weighted by molar-refractivity contribution is -0.255. The van der Waals surface area contributed by atoms with Gasteiger partial charge in [-0.15, -0.1) is 0 Å². The highest BCUT2D eigenvalue weighted by Gasteiger charge is 2.39. The summed E-state index contributed by atoms with van der Waals surface area (Å²) in [4.78, 5) is 92.9. The molecule has 0 radical (unpaired) electrons. The van der Waals surface area contributed by atoms with Crippen molar-refractivity contribution in [2.24, 2.45) is 11.8 Å². The number of carboxylic acids is 1. The van der Waals surface area contributed by atoms with Gasteiger partial charge in [0.05, 0.1) is 29.4 Å². The van der Waals surface area contributed by atoms with Gasteiger partial charge in [0, 0.05) is 53.8 Å². The van der Waals surface area contributed by atoms with E-state index in [4.69, 9.17) is 30.5 Å². The molecule has 18 nitrogen and oxygen atoms in total. The molecule has 19 heteroatoms. The van der Waals surface area contributed by atoms with Crippen molar-refractivity contribution >= 4 is 70.0 Å². The lowest BCUT2D eigenvalue weighted by Gasteiger charge is -2.16. The maximum absolute atomic E-state index is 13.5. The highest BCUT2D eigenvalue weighted by Crippen LogP contribution is 2.43. The largest absolute Gasteiger partial charge is 0.545 e. The van der Waals surface area contributed by atoms with Crippen LogP contribution in [0, 0.1) is 25.7 Å². The molecule has 8 rings (SSSR count). The van der Waals surface area contributed by atoms with Crippen molar-refractivity contribution in [1.29, 1.82) is 0 Å². The fourth-order valence-electron chi connectivity index (χ4n) is 10.1. The monoisotopic (exact) mass is 1120 g/mol. The first-order valence-corrected chi connectivity index (χ1v) is 27.3. The van der Waals surface area contributed by atoms with Crippen molar-refractivity contribution < 1.29 is 57.6 Å². The maximum Gasteiger partial charge on any atom is 0.274 e. The fourth-order valence-corrected chi connectivity index (χ4v) is 10.4. The van der Waals surface area contributed by atoms with E-state index in [0.717, 1.165) is 71.2 Å². The highest BCUT2D eigenvalue weighted by molar-refractivity contribution is 6.34. The van der Waals surface area contributed by atoms with Crippen LogP contribution < -0.4 is 45.9 Å². The normalized spacial score (nSPS) is 13.7. The molecule has 2 aliphatic carbocycles. The van der Waals surface area contributed by atoms with Crippen LogP contribution in [0.2, 0.25) is 5.02 Å². The van der Waals surface area contributed by atoms with E-state index in [0.29, 0.717) is 54.5 Å². The third kappa shape index (κ3) is 15.6. The number of anilines is 3. The SMILES string of the molecule is COc1cc(NC(=O)c2ccccn2)ccc1NC(=O)c1ccc(NC(=O)COCC(=O)NCCCCCCNC(=O)COc2ccc(-c3cccc(COc4cc5c(c(C)c4C)C(=O)C(C4CCCC4)C5)c3)cc2C(=O)[O-])cc1Cl. The first-order valence-electron chi connectivity index (χ1n) is 27.0. The quantitative estimate of drug-likeness (QED) is 0.0319. The Bertz CT molecular complexity index is 3310. The van der Waals surface area contributed by atoms with Gasteiger partial charge in [-0.05, 0) is 152 Å². The summed E-state index contributed by atoms with van der Waals surface area (Å²) in [6, 6.07) is 28.4. The Balaban J connectivity index is 0.680. The number of pyridine rings is 1. The van der Waals surface area contributed by atoms with Gasteiger partial charge in [0.2, 0.25) is 11.8 Å². The third-order valence-electron chi connectivity index (χ3n) is 14.5. The van der Waals surface area contributed by atoms with E-state index in [-0.39, 0.29) is 58.3 Å². The number of unbranched alkanes of at least 4 members (excludes halogenated alkanes) is 3. The van der Waals surface area contributed by atoms with Crippen LogP contribution in [0.25, 0.3) is 11.1 Å². The van der Waals surface area contributed by atoms with E-state index in [1.165, 1.54) is 56.5 Å². The van der Waals surface area contributed by atoms with Crippen molar-refractivity contribution in [3.8, 4) is 28.4 Å². The number of amides is 5. The van der Waals surface area contributed by atoms with Crippen LogP contribution in [0.3, 0.4) is 0 Å². The number of aromatic carboxylic acids is 1. The van der Waals surface area contributed by atoms with E-state index in [2.05, 4.69) is 31.6 Å². The smallest absolute Gasteiger partial charge is 0.274 e. The molecule has 6 aromatic rings. The van der Waals surface area contributed by atoms with E-state index < -0.39 is 48.7 Å². The second-order valence-electron chi connectivity index (χ2n) is 20.0. The zero-order chi connectivity index (χ0) is 57.4. The van der Waals surface area contributed by atoms with Gasteiger partial charge in [-0.2, -0.15) is 0 Å². The Morgan fingerprint density at radius 2 is 1.37 bits per heavy atom. The van der Waals surface area contributed by atoms with Gasteiger partial charge in [0.25, 0.3) is 17.7 Å². The molecule has 1 atom stereocenters. The van der Waals surface area contributed by atoms with Crippen LogP contribution in [0.4, 0.5) is 17.1 Å². The summed E-state index contributed by atoms with van der Waals surface area (Å²) in [5.74, 6) is -1.92. The summed E-state index contributed by atoms with van der Waals surface area (Å²) >= 11 is 6.42. The zero-order valence-corrected chi connectivity index (χ0v) is 46.1. The zero-order valence-electron chi connectivity index (χ0n) is 45.4. The molecule has 0 spiro atoms. The van der Waals surface area contributed by atoms with Gasteiger partial charge in [-0.3, -0.25) is 33.8 Å². The first kappa shape index (κ1) is 58.5. The van der Waals surface area contributed by atoms with Gasteiger partial charge < -0.3 is 55.4 Å². The van der Waals surface area contributed by atoms with Crippen LogP contribution in [0.1, 0.15) is 115 Å². The van der Waals surface area contributed by atoms with Gasteiger partial charge >= 0.3 is 0 Å². The van der Waals surface area contributed by atoms with Crippen LogP contribution in [0.5, 0.6) is 17.2 Å². The predicted octanol–water partition coefficient (Wildman–Crippen LogP) is 8.85. The number of fused-ring (bicyclic) bond motifs is 1. The minimum Gasteiger partial charge on any atom is -0.545 e. The number of carbonyl (C=O) groups excluding carboxylic acids is 7. The molecule has 422 valence electrons. The van der Waals surface area contributed by atoms with Gasteiger partial charge in [0.1, 0.15) is 42.8 Å². The minimum atomic E-state index is -1.44. The number of hydrogen-bond acceptors (Lipinski definition) is 13. The molecule has 1 saturated carbocycles.